The second-order valence-corrected chi connectivity index (χ2v) is 4.85. The van der Waals surface area contributed by atoms with Crippen molar-refractivity contribution in [1.82, 2.24) is 4.57 Å². The van der Waals surface area contributed by atoms with Gasteiger partial charge in [-0.15, -0.1) is 11.8 Å². The fourth-order valence-corrected chi connectivity index (χ4v) is 2.61. The van der Waals surface area contributed by atoms with Crippen molar-refractivity contribution >= 4 is 11.8 Å². The molecule has 0 saturated carbocycles. The van der Waals surface area contributed by atoms with Gasteiger partial charge in [-0.2, -0.15) is 0 Å². The number of methoxy groups -OCH3 is 1. The lowest BCUT2D eigenvalue weighted by Crippen LogP contribution is -2.25. The predicted molar refractivity (Wildman–Crippen MR) is 73.9 cm³/mol. The van der Waals surface area contributed by atoms with Gasteiger partial charge in [0.2, 0.25) is 0 Å². The number of nitrogens with zero attached hydrogens (tertiary/aromatic N) is 1. The smallest absolute Gasteiger partial charge is 0.252 e. The van der Waals surface area contributed by atoms with Crippen LogP contribution >= 0.6 is 11.8 Å². The number of pyridine rings is 1. The van der Waals surface area contributed by atoms with E-state index in [1.807, 2.05) is 36.4 Å². The van der Waals surface area contributed by atoms with Gasteiger partial charge in [0, 0.05) is 30.0 Å². The van der Waals surface area contributed by atoms with Crippen LogP contribution in [-0.2, 0) is 4.74 Å². The van der Waals surface area contributed by atoms with Crippen molar-refractivity contribution in [2.24, 2.45) is 0 Å². The average molecular weight is 261 g/mol. The van der Waals surface area contributed by atoms with Gasteiger partial charge in [-0.05, 0) is 18.2 Å². The number of rotatable bonds is 5. The molecule has 0 fully saturated rings. The van der Waals surface area contributed by atoms with Crippen molar-refractivity contribution in [3.8, 4) is 0 Å². The molecule has 0 aliphatic rings. The standard InChI is InChI=1S/C14H15NO2S/c1-17-14(15-10-6-5-9-13(15)16)11-18-12-7-3-2-4-8-12/h2-10,14H,11H2,1H3. The first-order chi connectivity index (χ1) is 8.81. The van der Waals surface area contributed by atoms with Crippen LogP contribution < -0.4 is 5.56 Å². The zero-order valence-corrected chi connectivity index (χ0v) is 11.0. The van der Waals surface area contributed by atoms with Crippen molar-refractivity contribution in [3.63, 3.8) is 0 Å². The molecule has 2 rings (SSSR count). The van der Waals surface area contributed by atoms with E-state index < -0.39 is 0 Å². The molecule has 0 N–H and O–H groups in total. The molecule has 1 aromatic carbocycles. The summed E-state index contributed by atoms with van der Waals surface area (Å²) in [6.07, 6.45) is 1.51. The van der Waals surface area contributed by atoms with Crippen LogP contribution in [0.5, 0.6) is 0 Å². The van der Waals surface area contributed by atoms with Crippen LogP contribution in [0, 0.1) is 0 Å². The number of thioether (sulfide) groups is 1. The topological polar surface area (TPSA) is 31.2 Å². The van der Waals surface area contributed by atoms with E-state index >= 15 is 0 Å². The van der Waals surface area contributed by atoms with E-state index in [-0.39, 0.29) is 11.8 Å². The molecule has 0 radical (unpaired) electrons. The fourth-order valence-electron chi connectivity index (χ4n) is 1.62. The molecule has 0 bridgehead atoms. The third kappa shape index (κ3) is 3.24. The summed E-state index contributed by atoms with van der Waals surface area (Å²) in [5.74, 6) is 0.699. The van der Waals surface area contributed by atoms with E-state index in [1.54, 1.807) is 41.8 Å². The minimum atomic E-state index is -0.246. The van der Waals surface area contributed by atoms with E-state index in [9.17, 15) is 4.79 Å². The largest absolute Gasteiger partial charge is 0.360 e. The van der Waals surface area contributed by atoms with Crippen LogP contribution in [0.25, 0.3) is 0 Å². The lowest BCUT2D eigenvalue weighted by Gasteiger charge is -2.17. The Hall–Kier alpha value is -1.52. The predicted octanol–water partition coefficient (Wildman–Crippen LogP) is 2.79. The van der Waals surface area contributed by atoms with Gasteiger partial charge in [-0.25, -0.2) is 0 Å². The number of ether oxygens (including phenoxy) is 1. The normalized spacial score (nSPS) is 12.3. The second-order valence-electron chi connectivity index (χ2n) is 3.76. The van der Waals surface area contributed by atoms with Crippen molar-refractivity contribution in [2.45, 2.75) is 11.1 Å². The molecule has 94 valence electrons. The fraction of sp³-hybridized carbons (Fsp3) is 0.214. The maximum absolute atomic E-state index is 11.7. The van der Waals surface area contributed by atoms with Gasteiger partial charge in [0.05, 0.1) is 0 Å². The Bertz CT molecular complexity index is 539. The lowest BCUT2D eigenvalue weighted by molar-refractivity contribution is 0.0616. The molecular weight excluding hydrogens is 246 g/mol. The monoisotopic (exact) mass is 261 g/mol. The Morgan fingerprint density at radius 2 is 1.89 bits per heavy atom. The first-order valence-electron chi connectivity index (χ1n) is 5.69. The van der Waals surface area contributed by atoms with Crippen LogP contribution in [0.2, 0.25) is 0 Å². The van der Waals surface area contributed by atoms with Crippen molar-refractivity contribution in [3.05, 3.63) is 65.1 Å². The van der Waals surface area contributed by atoms with Crippen LogP contribution in [0.15, 0.2) is 64.4 Å². The van der Waals surface area contributed by atoms with Gasteiger partial charge in [0.15, 0.2) is 0 Å². The summed E-state index contributed by atoms with van der Waals surface area (Å²) in [7, 11) is 1.62. The lowest BCUT2D eigenvalue weighted by atomic mass is 10.4. The summed E-state index contributed by atoms with van der Waals surface area (Å²) in [6, 6.07) is 15.2. The quantitative estimate of drug-likeness (QED) is 0.776. The van der Waals surface area contributed by atoms with Crippen molar-refractivity contribution in [1.29, 1.82) is 0 Å². The third-order valence-electron chi connectivity index (χ3n) is 2.57. The molecule has 1 aromatic heterocycles. The number of aromatic nitrogens is 1. The summed E-state index contributed by atoms with van der Waals surface area (Å²) >= 11 is 1.67. The highest BCUT2D eigenvalue weighted by atomic mass is 32.2. The minimum absolute atomic E-state index is 0.0435. The van der Waals surface area contributed by atoms with Gasteiger partial charge in [0.25, 0.3) is 5.56 Å². The molecule has 1 atom stereocenters. The average Bonchev–Trinajstić information content (AvgIpc) is 2.42. The molecule has 4 heteroatoms. The molecular formula is C14H15NO2S. The molecule has 3 nitrogen and oxygen atoms in total. The molecule has 0 saturated heterocycles. The Labute approximate surface area is 110 Å². The Morgan fingerprint density at radius 1 is 1.17 bits per heavy atom. The van der Waals surface area contributed by atoms with Gasteiger partial charge in [0.1, 0.15) is 6.23 Å². The Morgan fingerprint density at radius 3 is 2.56 bits per heavy atom. The van der Waals surface area contributed by atoms with E-state index in [4.69, 9.17) is 4.74 Å². The van der Waals surface area contributed by atoms with E-state index in [2.05, 4.69) is 0 Å². The van der Waals surface area contributed by atoms with Crippen molar-refractivity contribution < 1.29 is 4.74 Å². The van der Waals surface area contributed by atoms with Gasteiger partial charge < -0.3 is 4.74 Å². The maximum Gasteiger partial charge on any atom is 0.252 e. The molecule has 1 heterocycles. The molecule has 1 unspecified atom stereocenters. The molecule has 0 spiro atoms. The van der Waals surface area contributed by atoms with Crippen molar-refractivity contribution in [2.75, 3.05) is 12.9 Å². The first kappa shape index (κ1) is 12.9. The summed E-state index contributed by atoms with van der Waals surface area (Å²) in [6.45, 7) is 0. The summed E-state index contributed by atoms with van der Waals surface area (Å²) in [5.41, 5.74) is -0.0435. The summed E-state index contributed by atoms with van der Waals surface area (Å²) < 4.78 is 6.99. The Kier molecular flexibility index (Phi) is 4.61. The summed E-state index contributed by atoms with van der Waals surface area (Å²) in [5, 5.41) is 0. The number of benzene rings is 1. The number of hydrogen-bond donors (Lipinski definition) is 0. The molecule has 0 aliphatic heterocycles. The number of hydrogen-bond acceptors (Lipinski definition) is 3. The van der Waals surface area contributed by atoms with Crippen LogP contribution in [0.3, 0.4) is 0 Å². The van der Waals surface area contributed by atoms with E-state index in [0.717, 1.165) is 0 Å². The molecule has 2 aromatic rings. The van der Waals surface area contributed by atoms with Crippen LogP contribution in [-0.4, -0.2) is 17.4 Å². The zero-order valence-electron chi connectivity index (χ0n) is 10.2. The summed E-state index contributed by atoms with van der Waals surface area (Å²) in [4.78, 5) is 12.9. The zero-order chi connectivity index (χ0) is 12.8. The first-order valence-corrected chi connectivity index (χ1v) is 6.67. The third-order valence-corrected chi connectivity index (χ3v) is 3.63. The van der Waals surface area contributed by atoms with Gasteiger partial charge in [-0.1, -0.05) is 24.3 Å². The molecule has 0 aliphatic carbocycles. The van der Waals surface area contributed by atoms with Gasteiger partial charge >= 0.3 is 0 Å². The SMILES string of the molecule is COC(CSc1ccccc1)n1ccccc1=O. The maximum atomic E-state index is 11.7. The Balaban J connectivity index is 2.07. The van der Waals surface area contributed by atoms with E-state index in [0.29, 0.717) is 5.75 Å². The molecule has 18 heavy (non-hydrogen) atoms. The van der Waals surface area contributed by atoms with Crippen LogP contribution in [0.1, 0.15) is 6.23 Å². The highest BCUT2D eigenvalue weighted by Crippen LogP contribution is 2.22. The van der Waals surface area contributed by atoms with Gasteiger partial charge in [-0.3, -0.25) is 9.36 Å². The second kappa shape index (κ2) is 6.42. The minimum Gasteiger partial charge on any atom is -0.360 e. The highest BCUT2D eigenvalue weighted by molar-refractivity contribution is 7.99. The highest BCUT2D eigenvalue weighted by Gasteiger charge is 2.10. The van der Waals surface area contributed by atoms with Crippen LogP contribution in [0.4, 0.5) is 0 Å². The molecule has 0 amide bonds. The van der Waals surface area contributed by atoms with E-state index in [1.165, 1.54) is 4.90 Å².